The zero-order chi connectivity index (χ0) is 22.3. The molecule has 1 atom stereocenters. The lowest BCUT2D eigenvalue weighted by Crippen LogP contribution is -2.33. The van der Waals surface area contributed by atoms with Crippen molar-refractivity contribution >= 4 is 21.6 Å². The van der Waals surface area contributed by atoms with Crippen molar-refractivity contribution in [2.24, 2.45) is 5.92 Å². The fraction of sp³-hybridized carbons (Fsp3) is 0.409. The van der Waals surface area contributed by atoms with Crippen LogP contribution in [-0.4, -0.2) is 41.3 Å². The minimum atomic E-state index is -3.33. The molecule has 8 heteroatoms. The standard InChI is InChI=1S/C22H30N2O5S/c1-16(2)14-21(17-6-10-19(28-4)11-7-17)23-22(25)15-29-20-12-8-18(9-13-20)24(3)30(5,26)27/h6-13,16,21H,14-15H2,1-5H3,(H,23,25). The molecule has 0 saturated heterocycles. The maximum atomic E-state index is 12.5. The van der Waals surface area contributed by atoms with E-state index in [0.717, 1.165) is 24.0 Å². The highest BCUT2D eigenvalue weighted by Crippen LogP contribution is 2.24. The van der Waals surface area contributed by atoms with Crippen LogP contribution in [0, 0.1) is 5.92 Å². The molecule has 0 bridgehead atoms. The molecule has 164 valence electrons. The highest BCUT2D eigenvalue weighted by Gasteiger charge is 2.17. The number of ether oxygens (including phenoxy) is 2. The SMILES string of the molecule is COc1ccc(C(CC(C)C)NC(=O)COc2ccc(N(C)S(C)(=O)=O)cc2)cc1. The molecule has 2 aromatic rings. The Morgan fingerprint density at radius 1 is 1.03 bits per heavy atom. The van der Waals surface area contributed by atoms with Gasteiger partial charge in [-0.1, -0.05) is 26.0 Å². The van der Waals surface area contributed by atoms with Gasteiger partial charge >= 0.3 is 0 Å². The summed E-state index contributed by atoms with van der Waals surface area (Å²) >= 11 is 0. The van der Waals surface area contributed by atoms with Crippen molar-refractivity contribution in [3.05, 3.63) is 54.1 Å². The van der Waals surface area contributed by atoms with Gasteiger partial charge in [0, 0.05) is 7.05 Å². The van der Waals surface area contributed by atoms with Crippen LogP contribution in [-0.2, 0) is 14.8 Å². The third-order valence-corrected chi connectivity index (χ3v) is 5.83. The normalized spacial score (nSPS) is 12.3. The van der Waals surface area contributed by atoms with Crippen LogP contribution < -0.4 is 19.1 Å². The number of benzene rings is 2. The monoisotopic (exact) mass is 434 g/mol. The van der Waals surface area contributed by atoms with Crippen molar-refractivity contribution in [2.45, 2.75) is 26.3 Å². The van der Waals surface area contributed by atoms with Crippen LogP contribution >= 0.6 is 0 Å². The predicted octanol–water partition coefficient (Wildman–Crippen LogP) is 3.37. The summed E-state index contributed by atoms with van der Waals surface area (Å²) in [5.41, 5.74) is 1.52. The molecule has 0 heterocycles. The summed E-state index contributed by atoms with van der Waals surface area (Å²) in [5, 5.41) is 3.03. The van der Waals surface area contributed by atoms with Crippen molar-refractivity contribution in [1.29, 1.82) is 0 Å². The lowest BCUT2D eigenvalue weighted by Gasteiger charge is -2.21. The van der Waals surface area contributed by atoms with E-state index in [2.05, 4.69) is 19.2 Å². The molecule has 1 amide bonds. The lowest BCUT2D eigenvalue weighted by atomic mass is 9.97. The number of hydrogen-bond donors (Lipinski definition) is 1. The smallest absolute Gasteiger partial charge is 0.258 e. The first-order chi connectivity index (χ1) is 14.1. The highest BCUT2D eigenvalue weighted by molar-refractivity contribution is 7.92. The second-order valence-corrected chi connectivity index (χ2v) is 9.55. The predicted molar refractivity (Wildman–Crippen MR) is 119 cm³/mol. The molecule has 0 saturated carbocycles. The van der Waals surface area contributed by atoms with E-state index in [-0.39, 0.29) is 18.6 Å². The summed E-state index contributed by atoms with van der Waals surface area (Å²) in [6, 6.07) is 14.1. The fourth-order valence-electron chi connectivity index (χ4n) is 2.91. The largest absolute Gasteiger partial charge is 0.497 e. The Hall–Kier alpha value is -2.74. The number of carbonyl (C=O) groups is 1. The van der Waals surface area contributed by atoms with E-state index in [4.69, 9.17) is 9.47 Å². The summed E-state index contributed by atoms with van der Waals surface area (Å²) in [4.78, 5) is 12.5. The van der Waals surface area contributed by atoms with E-state index in [1.54, 1.807) is 31.4 Å². The topological polar surface area (TPSA) is 84.9 Å². The van der Waals surface area contributed by atoms with Gasteiger partial charge in [0.15, 0.2) is 6.61 Å². The van der Waals surface area contributed by atoms with Crippen LogP contribution in [0.2, 0.25) is 0 Å². The van der Waals surface area contributed by atoms with E-state index in [0.29, 0.717) is 17.4 Å². The molecule has 0 aromatic heterocycles. The van der Waals surface area contributed by atoms with Gasteiger partial charge in [0.2, 0.25) is 10.0 Å². The zero-order valence-electron chi connectivity index (χ0n) is 18.1. The molecule has 1 N–H and O–H groups in total. The first-order valence-electron chi connectivity index (χ1n) is 9.70. The van der Waals surface area contributed by atoms with Gasteiger partial charge in [-0.3, -0.25) is 9.10 Å². The van der Waals surface area contributed by atoms with E-state index >= 15 is 0 Å². The van der Waals surface area contributed by atoms with Crippen molar-refractivity contribution in [2.75, 3.05) is 31.3 Å². The second-order valence-electron chi connectivity index (χ2n) is 7.54. The van der Waals surface area contributed by atoms with Gasteiger partial charge in [-0.25, -0.2) is 8.42 Å². The van der Waals surface area contributed by atoms with Gasteiger partial charge in [-0.2, -0.15) is 0 Å². The van der Waals surface area contributed by atoms with E-state index < -0.39 is 10.0 Å². The minimum absolute atomic E-state index is 0.127. The van der Waals surface area contributed by atoms with Crippen LogP contribution in [0.3, 0.4) is 0 Å². The molecule has 0 fully saturated rings. The molecule has 0 radical (unpaired) electrons. The number of sulfonamides is 1. The Morgan fingerprint density at radius 3 is 2.10 bits per heavy atom. The molecule has 30 heavy (non-hydrogen) atoms. The summed E-state index contributed by atoms with van der Waals surface area (Å²) in [5.74, 6) is 1.42. The van der Waals surface area contributed by atoms with E-state index in [1.165, 1.54) is 11.4 Å². The molecule has 2 rings (SSSR count). The lowest BCUT2D eigenvalue weighted by molar-refractivity contribution is -0.124. The molecule has 0 aliphatic carbocycles. The van der Waals surface area contributed by atoms with Crippen molar-refractivity contribution in [1.82, 2.24) is 5.32 Å². The van der Waals surface area contributed by atoms with Crippen LogP contribution in [0.4, 0.5) is 5.69 Å². The second kappa shape index (κ2) is 10.3. The molecular formula is C22H30N2O5S. The Bertz CT molecular complexity index is 925. The third-order valence-electron chi connectivity index (χ3n) is 4.63. The molecule has 0 aliphatic heterocycles. The van der Waals surface area contributed by atoms with Crippen molar-refractivity contribution < 1.29 is 22.7 Å². The van der Waals surface area contributed by atoms with Gasteiger partial charge < -0.3 is 14.8 Å². The molecule has 0 spiro atoms. The Balaban J connectivity index is 1.98. The molecular weight excluding hydrogens is 404 g/mol. The number of rotatable bonds is 10. The van der Waals surface area contributed by atoms with E-state index in [9.17, 15) is 13.2 Å². The third kappa shape index (κ3) is 6.95. The quantitative estimate of drug-likeness (QED) is 0.620. The molecule has 7 nitrogen and oxygen atoms in total. The number of nitrogens with zero attached hydrogens (tertiary/aromatic N) is 1. The van der Waals surface area contributed by atoms with Gasteiger partial charge in [0.25, 0.3) is 5.91 Å². The highest BCUT2D eigenvalue weighted by atomic mass is 32.2. The number of amides is 1. The first kappa shape index (κ1) is 23.5. The average molecular weight is 435 g/mol. The number of hydrogen-bond acceptors (Lipinski definition) is 5. The Kier molecular flexibility index (Phi) is 8.11. The summed E-state index contributed by atoms with van der Waals surface area (Å²) < 4.78 is 35.1. The number of anilines is 1. The Morgan fingerprint density at radius 2 is 1.60 bits per heavy atom. The van der Waals surface area contributed by atoms with Gasteiger partial charge in [0.1, 0.15) is 11.5 Å². The Labute approximate surface area is 179 Å². The van der Waals surface area contributed by atoms with Gasteiger partial charge in [-0.05, 0) is 54.3 Å². The van der Waals surface area contributed by atoms with Crippen LogP contribution in [0.1, 0.15) is 31.9 Å². The summed E-state index contributed by atoms with van der Waals surface area (Å²) in [6.45, 7) is 4.08. The van der Waals surface area contributed by atoms with Crippen LogP contribution in [0.5, 0.6) is 11.5 Å². The number of nitrogens with one attached hydrogen (secondary N) is 1. The van der Waals surface area contributed by atoms with Crippen LogP contribution in [0.15, 0.2) is 48.5 Å². The fourth-order valence-corrected chi connectivity index (χ4v) is 3.42. The zero-order valence-corrected chi connectivity index (χ0v) is 18.9. The van der Waals surface area contributed by atoms with E-state index in [1.807, 2.05) is 24.3 Å². The first-order valence-corrected chi connectivity index (χ1v) is 11.5. The summed E-state index contributed by atoms with van der Waals surface area (Å²) in [7, 11) is -0.233. The van der Waals surface area contributed by atoms with Crippen LogP contribution in [0.25, 0.3) is 0 Å². The maximum absolute atomic E-state index is 12.5. The maximum Gasteiger partial charge on any atom is 0.258 e. The molecule has 0 aliphatic rings. The molecule has 2 aromatic carbocycles. The summed E-state index contributed by atoms with van der Waals surface area (Å²) in [6.07, 6.45) is 1.93. The van der Waals surface area contributed by atoms with Crippen molar-refractivity contribution in [3.8, 4) is 11.5 Å². The average Bonchev–Trinajstić information content (AvgIpc) is 2.70. The number of methoxy groups -OCH3 is 1. The van der Waals surface area contributed by atoms with Crippen molar-refractivity contribution in [3.63, 3.8) is 0 Å². The minimum Gasteiger partial charge on any atom is -0.497 e. The van der Waals surface area contributed by atoms with Gasteiger partial charge in [-0.15, -0.1) is 0 Å². The van der Waals surface area contributed by atoms with Gasteiger partial charge in [0.05, 0.1) is 25.1 Å². The molecule has 1 unspecified atom stereocenters. The number of carbonyl (C=O) groups excluding carboxylic acids is 1.